The SMILES string of the molecule is Cc1cc(C)[n+](NC(=O)c2cccc3nc4ccccc4nc23)c(C)c1C. The fourth-order valence-electron chi connectivity index (χ4n) is 3.36. The first-order chi connectivity index (χ1) is 13.0. The van der Waals surface area contributed by atoms with Crippen LogP contribution in [-0.4, -0.2) is 15.9 Å². The van der Waals surface area contributed by atoms with Gasteiger partial charge >= 0.3 is 5.91 Å². The number of nitrogens with zero attached hydrogens (tertiary/aromatic N) is 3. The number of aromatic nitrogens is 3. The molecule has 0 bridgehead atoms. The minimum atomic E-state index is -0.204. The number of hydrogen-bond acceptors (Lipinski definition) is 3. The molecule has 2 aromatic heterocycles. The Morgan fingerprint density at radius 2 is 1.56 bits per heavy atom. The lowest BCUT2D eigenvalue weighted by Crippen LogP contribution is -2.53. The van der Waals surface area contributed by atoms with Gasteiger partial charge in [0.2, 0.25) is 11.4 Å². The van der Waals surface area contributed by atoms with Crippen LogP contribution in [0.3, 0.4) is 0 Å². The lowest BCUT2D eigenvalue weighted by atomic mass is 10.1. The second kappa shape index (κ2) is 6.43. The Hall–Kier alpha value is -3.34. The third-order valence-electron chi connectivity index (χ3n) is 5.08. The summed E-state index contributed by atoms with van der Waals surface area (Å²) in [5, 5.41) is 0. The summed E-state index contributed by atoms with van der Waals surface area (Å²) in [4.78, 5) is 22.4. The second-order valence-electron chi connectivity index (χ2n) is 6.84. The lowest BCUT2D eigenvalue weighted by Gasteiger charge is -2.10. The highest BCUT2D eigenvalue weighted by molar-refractivity contribution is 6.08. The fraction of sp³-hybridized carbons (Fsp3) is 0.182. The summed E-state index contributed by atoms with van der Waals surface area (Å²) < 4.78 is 1.83. The summed E-state index contributed by atoms with van der Waals surface area (Å²) in [6.07, 6.45) is 0. The van der Waals surface area contributed by atoms with Crippen molar-refractivity contribution < 1.29 is 9.47 Å². The lowest BCUT2D eigenvalue weighted by molar-refractivity contribution is -0.654. The Morgan fingerprint density at radius 3 is 2.30 bits per heavy atom. The van der Waals surface area contributed by atoms with Gasteiger partial charge in [0.15, 0.2) is 0 Å². The van der Waals surface area contributed by atoms with E-state index in [1.54, 1.807) is 6.07 Å². The van der Waals surface area contributed by atoms with E-state index in [-0.39, 0.29) is 5.91 Å². The summed E-state index contributed by atoms with van der Waals surface area (Å²) in [5.74, 6) is -0.204. The van der Waals surface area contributed by atoms with Crippen molar-refractivity contribution in [1.29, 1.82) is 0 Å². The van der Waals surface area contributed by atoms with Crippen LogP contribution in [0.2, 0.25) is 0 Å². The van der Waals surface area contributed by atoms with Crippen LogP contribution in [0.4, 0.5) is 0 Å². The van der Waals surface area contributed by atoms with Crippen molar-refractivity contribution in [1.82, 2.24) is 9.97 Å². The molecule has 0 aliphatic carbocycles. The van der Waals surface area contributed by atoms with Gasteiger partial charge in [-0.3, -0.25) is 4.79 Å². The molecule has 4 rings (SSSR count). The number of carbonyl (C=O) groups is 1. The summed E-state index contributed by atoms with van der Waals surface area (Å²) in [5.41, 5.74) is 10.8. The number of aryl methyl sites for hydroxylation is 2. The molecule has 134 valence electrons. The average Bonchev–Trinajstić information content (AvgIpc) is 2.67. The van der Waals surface area contributed by atoms with Gasteiger partial charge < -0.3 is 0 Å². The van der Waals surface area contributed by atoms with E-state index >= 15 is 0 Å². The predicted octanol–water partition coefficient (Wildman–Crippen LogP) is 3.69. The van der Waals surface area contributed by atoms with Gasteiger partial charge in [0, 0.05) is 25.5 Å². The molecule has 5 heteroatoms. The number of para-hydroxylation sites is 3. The van der Waals surface area contributed by atoms with E-state index in [4.69, 9.17) is 0 Å². The van der Waals surface area contributed by atoms with Crippen LogP contribution < -0.4 is 10.1 Å². The van der Waals surface area contributed by atoms with E-state index in [1.807, 2.05) is 54.9 Å². The predicted molar refractivity (Wildman–Crippen MR) is 106 cm³/mol. The minimum absolute atomic E-state index is 0.204. The number of pyridine rings is 1. The maximum absolute atomic E-state index is 13.1. The number of benzene rings is 2. The molecular formula is C22H21N4O+. The summed E-state index contributed by atoms with van der Waals surface area (Å²) in [6.45, 7) is 8.12. The van der Waals surface area contributed by atoms with Gasteiger partial charge in [-0.05, 0) is 43.7 Å². The Labute approximate surface area is 157 Å². The molecule has 0 fully saturated rings. The van der Waals surface area contributed by atoms with Crippen molar-refractivity contribution in [3.05, 3.63) is 76.6 Å². The molecule has 5 nitrogen and oxygen atoms in total. The Morgan fingerprint density at radius 1 is 0.889 bits per heavy atom. The number of hydrogen-bond donors (Lipinski definition) is 1. The quantitative estimate of drug-likeness (QED) is 0.440. The van der Waals surface area contributed by atoms with Crippen molar-refractivity contribution in [3.63, 3.8) is 0 Å². The van der Waals surface area contributed by atoms with Crippen LogP contribution >= 0.6 is 0 Å². The Kier molecular flexibility index (Phi) is 4.07. The van der Waals surface area contributed by atoms with Gasteiger partial charge in [-0.25, -0.2) is 9.97 Å². The third kappa shape index (κ3) is 2.91. The number of carbonyl (C=O) groups excluding carboxylic acids is 1. The molecule has 0 saturated carbocycles. The highest BCUT2D eigenvalue weighted by Crippen LogP contribution is 2.19. The van der Waals surface area contributed by atoms with Crippen molar-refractivity contribution in [2.24, 2.45) is 0 Å². The third-order valence-corrected chi connectivity index (χ3v) is 5.08. The first-order valence-electron chi connectivity index (χ1n) is 8.92. The summed E-state index contributed by atoms with van der Waals surface area (Å²) in [6, 6.07) is 15.3. The molecule has 27 heavy (non-hydrogen) atoms. The van der Waals surface area contributed by atoms with E-state index < -0.39 is 0 Å². The average molecular weight is 357 g/mol. The topological polar surface area (TPSA) is 58.8 Å². The molecule has 4 aromatic rings. The molecule has 0 spiro atoms. The van der Waals surface area contributed by atoms with E-state index in [0.29, 0.717) is 16.6 Å². The molecule has 2 heterocycles. The normalized spacial score (nSPS) is 11.1. The van der Waals surface area contributed by atoms with Crippen LogP contribution in [0.15, 0.2) is 48.5 Å². The molecule has 0 radical (unpaired) electrons. The van der Waals surface area contributed by atoms with Gasteiger partial charge in [0.1, 0.15) is 5.52 Å². The van der Waals surface area contributed by atoms with Gasteiger partial charge in [-0.2, -0.15) is 0 Å². The Bertz CT molecular complexity index is 1210. The smallest absolute Gasteiger partial charge is 0.263 e. The summed E-state index contributed by atoms with van der Waals surface area (Å²) in [7, 11) is 0. The van der Waals surface area contributed by atoms with Gasteiger partial charge in [-0.1, -0.05) is 22.9 Å². The van der Waals surface area contributed by atoms with Crippen LogP contribution in [-0.2, 0) is 0 Å². The summed E-state index contributed by atoms with van der Waals surface area (Å²) >= 11 is 0. The van der Waals surface area contributed by atoms with E-state index in [2.05, 4.69) is 35.3 Å². The van der Waals surface area contributed by atoms with Crippen molar-refractivity contribution >= 4 is 28.0 Å². The maximum atomic E-state index is 13.1. The monoisotopic (exact) mass is 357 g/mol. The number of fused-ring (bicyclic) bond motifs is 2. The highest BCUT2D eigenvalue weighted by atomic mass is 16.2. The number of amides is 1. The van der Waals surface area contributed by atoms with Crippen molar-refractivity contribution in [2.75, 3.05) is 5.43 Å². The largest absolute Gasteiger partial charge is 0.307 e. The van der Waals surface area contributed by atoms with Gasteiger partial charge in [0.05, 0.1) is 22.1 Å². The zero-order valence-electron chi connectivity index (χ0n) is 15.9. The maximum Gasteiger partial charge on any atom is 0.307 e. The van der Waals surface area contributed by atoms with Gasteiger partial charge in [0.25, 0.3) is 0 Å². The Balaban J connectivity index is 1.82. The standard InChI is InChI=1S/C22H20N4O/c1-13-12-14(2)26(16(4)15(13)3)25-22(27)17-8-7-11-20-21(17)24-19-10-6-5-9-18(19)23-20/h5-12H,1-4H3/p+1. The number of rotatable bonds is 2. The van der Waals surface area contributed by atoms with E-state index in [1.165, 1.54) is 5.56 Å². The van der Waals surface area contributed by atoms with Crippen LogP contribution in [0.25, 0.3) is 22.1 Å². The number of nitrogens with one attached hydrogen (secondary N) is 1. The second-order valence-corrected chi connectivity index (χ2v) is 6.84. The van der Waals surface area contributed by atoms with E-state index in [0.717, 1.165) is 28.0 Å². The van der Waals surface area contributed by atoms with Crippen molar-refractivity contribution in [3.8, 4) is 0 Å². The molecule has 0 unspecified atom stereocenters. The van der Waals surface area contributed by atoms with Crippen LogP contribution in [0, 0.1) is 27.7 Å². The minimum Gasteiger partial charge on any atom is -0.263 e. The molecule has 0 saturated heterocycles. The molecule has 2 aromatic carbocycles. The zero-order chi connectivity index (χ0) is 19.1. The first-order valence-corrected chi connectivity index (χ1v) is 8.92. The zero-order valence-corrected chi connectivity index (χ0v) is 15.9. The highest BCUT2D eigenvalue weighted by Gasteiger charge is 2.21. The molecule has 1 amide bonds. The first kappa shape index (κ1) is 17.1. The van der Waals surface area contributed by atoms with E-state index in [9.17, 15) is 4.79 Å². The van der Waals surface area contributed by atoms with Crippen LogP contribution in [0.1, 0.15) is 32.9 Å². The van der Waals surface area contributed by atoms with Crippen LogP contribution in [0.5, 0.6) is 0 Å². The molecule has 0 aliphatic heterocycles. The van der Waals surface area contributed by atoms with Crippen molar-refractivity contribution in [2.45, 2.75) is 27.7 Å². The molecule has 1 N–H and O–H groups in total. The molecule has 0 aliphatic rings. The fourth-order valence-corrected chi connectivity index (χ4v) is 3.36. The van der Waals surface area contributed by atoms with Gasteiger partial charge in [-0.15, -0.1) is 5.43 Å². The molecule has 0 atom stereocenters. The molecular weight excluding hydrogens is 336 g/mol.